The van der Waals surface area contributed by atoms with E-state index in [0.29, 0.717) is 16.2 Å². The number of hydrogen-bond donors (Lipinski definition) is 0. The van der Waals surface area contributed by atoms with Crippen LogP contribution in [0.4, 0.5) is 0 Å². The third kappa shape index (κ3) is 6.08. The maximum absolute atomic E-state index is 12.2. The van der Waals surface area contributed by atoms with E-state index in [2.05, 4.69) is 4.99 Å². The summed E-state index contributed by atoms with van der Waals surface area (Å²) in [5.41, 5.74) is 1.80. The van der Waals surface area contributed by atoms with Crippen LogP contribution in [0.5, 0.6) is 0 Å². The molecule has 1 unspecified atom stereocenters. The van der Waals surface area contributed by atoms with E-state index in [9.17, 15) is 9.59 Å². The largest absolute Gasteiger partial charge is 0.467 e. The van der Waals surface area contributed by atoms with Gasteiger partial charge in [0, 0.05) is 28.8 Å². The molecule has 0 heterocycles. The SMILES string of the molecule is COC(=O)/C(=C\c1ccccc1)CC(N=Cc1ccccc1Cl)C(=O)OC. The molecule has 0 radical (unpaired) electrons. The van der Waals surface area contributed by atoms with Gasteiger partial charge in [-0.15, -0.1) is 0 Å². The Morgan fingerprint density at radius 2 is 1.70 bits per heavy atom. The number of benzene rings is 2. The van der Waals surface area contributed by atoms with E-state index in [0.717, 1.165) is 5.56 Å². The van der Waals surface area contributed by atoms with Gasteiger partial charge in [0.25, 0.3) is 0 Å². The molecule has 140 valence electrons. The van der Waals surface area contributed by atoms with E-state index in [1.165, 1.54) is 20.4 Å². The molecule has 5 nitrogen and oxygen atoms in total. The van der Waals surface area contributed by atoms with Gasteiger partial charge in [-0.3, -0.25) is 4.99 Å². The molecule has 2 rings (SSSR count). The highest BCUT2D eigenvalue weighted by molar-refractivity contribution is 6.33. The van der Waals surface area contributed by atoms with E-state index in [1.807, 2.05) is 36.4 Å². The highest BCUT2D eigenvalue weighted by Crippen LogP contribution is 2.18. The van der Waals surface area contributed by atoms with Crippen molar-refractivity contribution in [1.82, 2.24) is 0 Å². The molecule has 0 saturated carbocycles. The number of ether oxygens (including phenoxy) is 2. The minimum Gasteiger partial charge on any atom is -0.467 e. The second-order valence-corrected chi connectivity index (χ2v) is 6.02. The molecule has 27 heavy (non-hydrogen) atoms. The lowest BCUT2D eigenvalue weighted by Gasteiger charge is -2.12. The fourth-order valence-electron chi connectivity index (χ4n) is 2.37. The predicted molar refractivity (Wildman–Crippen MR) is 106 cm³/mol. The first kappa shape index (κ1) is 20.4. The molecule has 6 heteroatoms. The predicted octanol–water partition coefficient (Wildman–Crippen LogP) is 3.95. The van der Waals surface area contributed by atoms with Gasteiger partial charge in [-0.05, 0) is 17.7 Å². The monoisotopic (exact) mass is 385 g/mol. The number of nitrogens with zero attached hydrogens (tertiary/aromatic N) is 1. The van der Waals surface area contributed by atoms with E-state index in [1.54, 1.807) is 24.3 Å². The summed E-state index contributed by atoms with van der Waals surface area (Å²) < 4.78 is 9.68. The molecule has 0 bridgehead atoms. The van der Waals surface area contributed by atoms with E-state index < -0.39 is 18.0 Å². The van der Waals surface area contributed by atoms with Crippen LogP contribution in [-0.2, 0) is 19.1 Å². The number of methoxy groups -OCH3 is 2. The summed E-state index contributed by atoms with van der Waals surface area (Å²) in [6.07, 6.45) is 3.21. The first-order valence-corrected chi connectivity index (χ1v) is 8.62. The van der Waals surface area contributed by atoms with Gasteiger partial charge in [-0.1, -0.05) is 60.1 Å². The number of aliphatic imine (C=N–C) groups is 1. The summed E-state index contributed by atoms with van der Waals surface area (Å²) in [6, 6.07) is 15.5. The Labute approximate surface area is 163 Å². The summed E-state index contributed by atoms with van der Waals surface area (Å²) >= 11 is 6.11. The second kappa shape index (κ2) is 10.3. The fourth-order valence-corrected chi connectivity index (χ4v) is 2.56. The van der Waals surface area contributed by atoms with Crippen molar-refractivity contribution in [3.8, 4) is 0 Å². The zero-order valence-corrected chi connectivity index (χ0v) is 15.8. The Morgan fingerprint density at radius 3 is 2.33 bits per heavy atom. The average molecular weight is 386 g/mol. The van der Waals surface area contributed by atoms with Crippen molar-refractivity contribution in [1.29, 1.82) is 0 Å². The number of carbonyl (C=O) groups is 2. The van der Waals surface area contributed by atoms with Crippen LogP contribution in [0.25, 0.3) is 6.08 Å². The molecular weight excluding hydrogens is 366 g/mol. The highest BCUT2D eigenvalue weighted by atomic mass is 35.5. The normalized spacial score (nSPS) is 12.6. The van der Waals surface area contributed by atoms with Crippen LogP contribution in [0.1, 0.15) is 17.5 Å². The zero-order valence-electron chi connectivity index (χ0n) is 15.1. The summed E-state index contributed by atoms with van der Waals surface area (Å²) in [7, 11) is 2.57. The van der Waals surface area contributed by atoms with Crippen molar-refractivity contribution in [2.45, 2.75) is 12.5 Å². The smallest absolute Gasteiger partial charge is 0.333 e. The zero-order chi connectivity index (χ0) is 19.6. The van der Waals surface area contributed by atoms with Crippen molar-refractivity contribution in [3.05, 3.63) is 76.3 Å². The van der Waals surface area contributed by atoms with Crippen molar-refractivity contribution in [2.75, 3.05) is 14.2 Å². The molecule has 0 aliphatic carbocycles. The Bertz CT molecular complexity index is 846. The third-order valence-electron chi connectivity index (χ3n) is 3.77. The Hall–Kier alpha value is -2.92. The summed E-state index contributed by atoms with van der Waals surface area (Å²) in [6.45, 7) is 0. The van der Waals surface area contributed by atoms with Gasteiger partial charge in [0.15, 0.2) is 6.04 Å². The maximum atomic E-state index is 12.2. The minimum absolute atomic E-state index is 0.0369. The van der Waals surface area contributed by atoms with Crippen LogP contribution in [0.2, 0.25) is 5.02 Å². The highest BCUT2D eigenvalue weighted by Gasteiger charge is 2.23. The molecule has 2 aromatic rings. The lowest BCUT2D eigenvalue weighted by atomic mass is 10.0. The quantitative estimate of drug-likeness (QED) is 0.411. The molecule has 0 fully saturated rings. The summed E-state index contributed by atoms with van der Waals surface area (Å²) in [5.74, 6) is -1.08. The number of halogens is 1. The molecular formula is C21H20ClNO4. The van der Waals surface area contributed by atoms with Gasteiger partial charge in [0.2, 0.25) is 0 Å². The molecule has 0 aliphatic heterocycles. The van der Waals surface area contributed by atoms with Crippen molar-refractivity contribution < 1.29 is 19.1 Å². The van der Waals surface area contributed by atoms with Crippen molar-refractivity contribution in [2.24, 2.45) is 4.99 Å². The van der Waals surface area contributed by atoms with Crippen LogP contribution in [0.15, 0.2) is 65.2 Å². The summed E-state index contributed by atoms with van der Waals surface area (Å²) in [5, 5.41) is 0.512. The van der Waals surface area contributed by atoms with Gasteiger partial charge >= 0.3 is 11.9 Å². The van der Waals surface area contributed by atoms with Gasteiger partial charge in [-0.2, -0.15) is 0 Å². The first-order valence-electron chi connectivity index (χ1n) is 8.24. The molecule has 0 amide bonds. The summed E-state index contributed by atoms with van der Waals surface area (Å²) in [4.78, 5) is 28.6. The number of rotatable bonds is 7. The molecule has 0 spiro atoms. The van der Waals surface area contributed by atoms with E-state index in [4.69, 9.17) is 21.1 Å². The lowest BCUT2D eigenvalue weighted by Crippen LogP contribution is -2.23. The van der Waals surface area contributed by atoms with Crippen LogP contribution in [0, 0.1) is 0 Å². The van der Waals surface area contributed by atoms with Gasteiger partial charge < -0.3 is 9.47 Å². The Morgan fingerprint density at radius 1 is 1.04 bits per heavy atom. The molecule has 0 aromatic heterocycles. The fraction of sp³-hybridized carbons (Fsp3) is 0.190. The first-order chi connectivity index (χ1) is 13.0. The van der Waals surface area contributed by atoms with Gasteiger partial charge in [-0.25, -0.2) is 9.59 Å². The molecule has 0 N–H and O–H groups in total. The van der Waals surface area contributed by atoms with Crippen LogP contribution >= 0.6 is 11.6 Å². The topological polar surface area (TPSA) is 65.0 Å². The molecule has 0 aliphatic rings. The third-order valence-corrected chi connectivity index (χ3v) is 4.12. The Balaban J connectivity index is 2.31. The van der Waals surface area contributed by atoms with Gasteiger partial charge in [0.05, 0.1) is 14.2 Å². The molecule has 1 atom stereocenters. The van der Waals surface area contributed by atoms with Crippen LogP contribution < -0.4 is 0 Å². The van der Waals surface area contributed by atoms with Crippen LogP contribution in [-0.4, -0.2) is 38.4 Å². The number of hydrogen-bond acceptors (Lipinski definition) is 5. The number of esters is 2. The van der Waals surface area contributed by atoms with Gasteiger partial charge in [0.1, 0.15) is 0 Å². The lowest BCUT2D eigenvalue weighted by molar-refractivity contribution is -0.142. The van der Waals surface area contributed by atoms with Crippen molar-refractivity contribution >= 4 is 35.8 Å². The maximum Gasteiger partial charge on any atom is 0.333 e. The second-order valence-electron chi connectivity index (χ2n) is 5.61. The standard InChI is InChI=1S/C21H20ClNO4/c1-26-20(24)17(12-15-8-4-3-5-9-15)13-19(21(25)27-2)23-14-16-10-6-7-11-18(16)22/h3-12,14,19H,13H2,1-2H3/b17-12-,23-14?. The molecule has 2 aromatic carbocycles. The average Bonchev–Trinajstić information content (AvgIpc) is 2.70. The van der Waals surface area contributed by atoms with Crippen LogP contribution in [0.3, 0.4) is 0 Å². The Kier molecular flexibility index (Phi) is 7.77. The minimum atomic E-state index is -0.902. The van der Waals surface area contributed by atoms with E-state index >= 15 is 0 Å². The number of carbonyl (C=O) groups excluding carboxylic acids is 2. The van der Waals surface area contributed by atoms with E-state index in [-0.39, 0.29) is 6.42 Å². The molecule has 0 saturated heterocycles. The van der Waals surface area contributed by atoms with Crippen molar-refractivity contribution in [3.63, 3.8) is 0 Å².